The maximum absolute atomic E-state index is 14.3. The van der Waals surface area contributed by atoms with Gasteiger partial charge in [0.05, 0.1) is 17.2 Å². The average Bonchev–Trinajstić information content (AvgIpc) is 2.37. The Morgan fingerprint density at radius 3 is 2.64 bits per heavy atom. The van der Waals surface area contributed by atoms with Crippen LogP contribution < -0.4 is 5.09 Å². The maximum atomic E-state index is 14.3. The molecule has 0 aliphatic rings. The summed E-state index contributed by atoms with van der Waals surface area (Å²) in [5.41, 5.74) is -4.31. The minimum absolute atomic E-state index is 0.0285. The number of alkyl halides is 2. The minimum atomic E-state index is -5.26. The molecule has 0 heterocycles. The first-order chi connectivity index (χ1) is 10.0. The quantitative estimate of drug-likeness (QED) is 0.604. The Morgan fingerprint density at radius 2 is 2.14 bits per heavy atom. The number of carbonyl (C=O) groups excluding carboxylic acids is 1. The lowest BCUT2D eigenvalue weighted by Gasteiger charge is -2.26. The van der Waals surface area contributed by atoms with E-state index in [1.54, 1.807) is 12.0 Å². The number of benzene rings is 1. The molecule has 0 amide bonds. The summed E-state index contributed by atoms with van der Waals surface area (Å²) in [6.45, 7) is 4.37. The highest BCUT2D eigenvalue weighted by Gasteiger charge is 2.53. The van der Waals surface area contributed by atoms with Gasteiger partial charge in [-0.3, -0.25) is 9.36 Å². The van der Waals surface area contributed by atoms with Crippen LogP contribution in [0.3, 0.4) is 0 Å². The van der Waals surface area contributed by atoms with Crippen LogP contribution >= 0.6 is 19.1 Å². The molecule has 2 N–H and O–H groups in total. The van der Waals surface area contributed by atoms with Gasteiger partial charge in [0.15, 0.2) is 0 Å². The molecule has 1 rings (SSSR count). The van der Waals surface area contributed by atoms with E-state index in [9.17, 15) is 23.0 Å². The minimum Gasteiger partial charge on any atom is -0.465 e. The molecule has 0 fully saturated rings. The highest BCUT2D eigenvalue weighted by Crippen LogP contribution is 2.60. The van der Waals surface area contributed by atoms with Gasteiger partial charge in [-0.15, -0.1) is 0 Å². The zero-order chi connectivity index (χ0) is 17.1. The number of rotatable bonds is 6. The molecule has 0 saturated carbocycles. The van der Waals surface area contributed by atoms with E-state index in [0.717, 1.165) is 13.0 Å². The van der Waals surface area contributed by atoms with Crippen molar-refractivity contribution in [3.8, 4) is 0 Å². The first-order valence-corrected chi connectivity index (χ1v) is 8.48. The van der Waals surface area contributed by atoms with Crippen LogP contribution in [-0.4, -0.2) is 23.5 Å². The molecule has 0 aromatic heterocycles. The number of nitrogens with one attached hydrogen (secondary N) is 1. The number of esters is 1. The number of aryl methyl sites for hydroxylation is 1. The van der Waals surface area contributed by atoms with E-state index in [2.05, 4.69) is 4.74 Å². The predicted octanol–water partition coefficient (Wildman–Crippen LogP) is 3.42. The van der Waals surface area contributed by atoms with Gasteiger partial charge in [0.25, 0.3) is 0 Å². The summed E-state index contributed by atoms with van der Waals surface area (Å²) in [7, 11) is -5.26. The van der Waals surface area contributed by atoms with E-state index >= 15 is 0 Å². The summed E-state index contributed by atoms with van der Waals surface area (Å²) in [5, 5.41) is 1.42. The lowest BCUT2D eigenvalue weighted by molar-refractivity contribution is -0.144. The van der Waals surface area contributed by atoms with Gasteiger partial charge in [-0.05, 0) is 32.4 Å². The molecule has 0 aliphatic heterocycles. The van der Waals surface area contributed by atoms with E-state index in [1.165, 1.54) is 19.1 Å². The molecule has 1 aromatic rings. The fourth-order valence-corrected chi connectivity index (χ4v) is 3.42. The molecule has 0 saturated heterocycles. The first-order valence-electron chi connectivity index (χ1n) is 6.44. The van der Waals surface area contributed by atoms with Crippen LogP contribution in [-0.2, 0) is 19.8 Å². The zero-order valence-corrected chi connectivity index (χ0v) is 13.9. The topological polar surface area (TPSA) is 75.6 Å². The van der Waals surface area contributed by atoms with Gasteiger partial charge < -0.3 is 9.63 Å². The van der Waals surface area contributed by atoms with Crippen molar-refractivity contribution in [3.63, 3.8) is 0 Å². The van der Waals surface area contributed by atoms with E-state index in [4.69, 9.17) is 11.6 Å². The number of halogens is 3. The third-order valence-electron chi connectivity index (χ3n) is 2.84. The van der Waals surface area contributed by atoms with E-state index in [1.807, 2.05) is 0 Å². The summed E-state index contributed by atoms with van der Waals surface area (Å²) in [6, 6.07) is 2.23. The van der Waals surface area contributed by atoms with Crippen molar-refractivity contribution in [1.29, 1.82) is 0 Å². The molecular formula is C13H17ClF2NO4P. The number of hydrogen-bond donors (Lipinski definition) is 2. The monoisotopic (exact) mass is 355 g/mol. The Morgan fingerprint density at radius 1 is 1.55 bits per heavy atom. The van der Waals surface area contributed by atoms with Crippen LogP contribution in [0.2, 0.25) is 5.02 Å². The van der Waals surface area contributed by atoms with Crippen LogP contribution in [0, 0.1) is 6.92 Å². The Hall–Kier alpha value is -1.01. The molecule has 0 bridgehead atoms. The number of ether oxygens (including phenoxy) is 1. The molecule has 0 radical (unpaired) electrons. The second-order valence-corrected chi connectivity index (χ2v) is 7.08. The summed E-state index contributed by atoms with van der Waals surface area (Å²) in [4.78, 5) is 21.1. The average molecular weight is 356 g/mol. The smallest absolute Gasteiger partial charge is 0.361 e. The van der Waals surface area contributed by atoms with Crippen molar-refractivity contribution >= 4 is 25.1 Å². The van der Waals surface area contributed by atoms with Gasteiger partial charge in [0, 0.05) is 0 Å². The number of carbonyl (C=O) groups is 1. The van der Waals surface area contributed by atoms with Gasteiger partial charge in [0.2, 0.25) is 0 Å². The lowest BCUT2D eigenvalue weighted by Crippen LogP contribution is -2.37. The van der Waals surface area contributed by atoms with Crippen molar-refractivity contribution in [1.82, 2.24) is 5.09 Å². The van der Waals surface area contributed by atoms with E-state index < -0.39 is 30.8 Å². The van der Waals surface area contributed by atoms with Gasteiger partial charge in [-0.25, -0.2) is 5.09 Å². The second kappa shape index (κ2) is 7.04. The normalized spacial score (nSPS) is 16.0. The Kier molecular flexibility index (Phi) is 6.10. The third-order valence-corrected chi connectivity index (χ3v) is 4.89. The Balaban J connectivity index is 3.08. The van der Waals surface area contributed by atoms with Crippen LogP contribution in [0.1, 0.15) is 25.0 Å². The molecule has 2 atom stereocenters. The van der Waals surface area contributed by atoms with Gasteiger partial charge in [-0.1, -0.05) is 23.7 Å². The molecule has 1 aromatic carbocycles. The Labute approximate surface area is 132 Å². The molecule has 5 nitrogen and oxygen atoms in total. The van der Waals surface area contributed by atoms with Crippen LogP contribution in [0.15, 0.2) is 18.2 Å². The molecule has 22 heavy (non-hydrogen) atoms. The first kappa shape index (κ1) is 19.0. The molecule has 0 spiro atoms. The van der Waals surface area contributed by atoms with Gasteiger partial charge in [-0.2, -0.15) is 8.78 Å². The SMILES string of the molecule is CCOC(=O)[C@H](C)NP(=O)(O)C(F)(F)c1ccc(C)cc1Cl. The number of hydrogen-bond acceptors (Lipinski definition) is 3. The summed E-state index contributed by atoms with van der Waals surface area (Å²) >= 11 is 5.74. The van der Waals surface area contributed by atoms with Crippen molar-refractivity contribution in [2.45, 2.75) is 32.5 Å². The van der Waals surface area contributed by atoms with Crippen LogP contribution in [0.4, 0.5) is 8.78 Å². The standard InChI is InChI=1S/C13H17ClF2NO4P/c1-4-21-12(18)9(3)17-22(19,20)13(15,16)10-6-5-8(2)7-11(10)14/h5-7,9H,4H2,1-3H3,(H2,17,19,20)/t9-/m0/s1. The van der Waals surface area contributed by atoms with Crippen molar-refractivity contribution < 1.29 is 27.8 Å². The van der Waals surface area contributed by atoms with Gasteiger partial charge in [0.1, 0.15) is 6.04 Å². The Bertz CT molecular complexity index is 612. The largest absolute Gasteiger partial charge is 0.465 e. The highest BCUT2D eigenvalue weighted by molar-refractivity contribution is 7.56. The van der Waals surface area contributed by atoms with Crippen molar-refractivity contribution in [2.24, 2.45) is 0 Å². The summed E-state index contributed by atoms with van der Waals surface area (Å²) < 4.78 is 45.3. The van der Waals surface area contributed by atoms with E-state index in [-0.39, 0.29) is 11.6 Å². The van der Waals surface area contributed by atoms with Crippen molar-refractivity contribution in [2.75, 3.05) is 6.61 Å². The third kappa shape index (κ3) is 4.04. The highest BCUT2D eigenvalue weighted by atomic mass is 35.5. The summed E-state index contributed by atoms with van der Waals surface area (Å²) in [5.74, 6) is -0.900. The fraction of sp³-hybridized carbons (Fsp3) is 0.462. The van der Waals surface area contributed by atoms with Crippen LogP contribution in [0.5, 0.6) is 0 Å². The fourth-order valence-electron chi connectivity index (χ4n) is 1.69. The molecular weight excluding hydrogens is 339 g/mol. The van der Waals surface area contributed by atoms with E-state index in [0.29, 0.717) is 5.56 Å². The van der Waals surface area contributed by atoms with Crippen molar-refractivity contribution in [3.05, 3.63) is 34.3 Å². The molecule has 9 heteroatoms. The predicted molar refractivity (Wildman–Crippen MR) is 79.1 cm³/mol. The summed E-state index contributed by atoms with van der Waals surface area (Å²) in [6.07, 6.45) is 0. The lowest BCUT2D eigenvalue weighted by atomic mass is 10.1. The van der Waals surface area contributed by atoms with Crippen LogP contribution in [0.25, 0.3) is 0 Å². The van der Waals surface area contributed by atoms with Gasteiger partial charge >= 0.3 is 19.2 Å². The zero-order valence-electron chi connectivity index (χ0n) is 12.3. The maximum Gasteiger partial charge on any atom is 0.361 e. The second-order valence-electron chi connectivity index (χ2n) is 4.70. The molecule has 0 aliphatic carbocycles. The molecule has 124 valence electrons. The molecule has 1 unspecified atom stereocenters.